The van der Waals surface area contributed by atoms with Gasteiger partial charge in [-0.3, -0.25) is 14.6 Å². The smallest absolute Gasteiger partial charge is 0.304 e. The maximum atomic E-state index is 14.7. The summed E-state index contributed by atoms with van der Waals surface area (Å²) >= 11 is 0.815. The minimum absolute atomic E-state index is 0.326. The number of thiophene rings is 1. The number of carbonyl (C=O) groups is 2. The number of nitrogens with zero attached hydrogens (tertiary/aromatic N) is 1. The topological polar surface area (TPSA) is 79.3 Å². The third-order valence-corrected chi connectivity index (χ3v) is 5.88. The lowest BCUT2D eigenvalue weighted by atomic mass is 9.95. The van der Waals surface area contributed by atoms with Crippen LogP contribution >= 0.6 is 11.3 Å². The van der Waals surface area contributed by atoms with Gasteiger partial charge in [0.2, 0.25) is 5.91 Å². The van der Waals surface area contributed by atoms with E-state index in [9.17, 15) is 19.1 Å². The lowest BCUT2D eigenvalue weighted by molar-refractivity contribution is -0.139. The molecule has 0 spiro atoms. The summed E-state index contributed by atoms with van der Waals surface area (Å²) in [7, 11) is 0. The van der Waals surface area contributed by atoms with Crippen LogP contribution in [-0.2, 0) is 9.59 Å². The lowest BCUT2D eigenvalue weighted by Crippen LogP contribution is -2.23. The maximum Gasteiger partial charge on any atom is 0.304 e. The Labute approximate surface area is 188 Å². The predicted octanol–water partition coefficient (Wildman–Crippen LogP) is 5.81. The molecule has 1 atom stereocenters. The van der Waals surface area contributed by atoms with Gasteiger partial charge in [0, 0.05) is 18.0 Å². The highest BCUT2D eigenvalue weighted by Gasteiger charge is 2.24. The number of amides is 1. The number of pyridine rings is 1. The number of rotatable bonds is 7. The zero-order valence-electron chi connectivity index (χ0n) is 16.9. The van der Waals surface area contributed by atoms with E-state index in [0.717, 1.165) is 22.5 Å². The minimum Gasteiger partial charge on any atom is -0.481 e. The van der Waals surface area contributed by atoms with E-state index in [2.05, 4.69) is 10.3 Å². The van der Waals surface area contributed by atoms with Crippen molar-refractivity contribution < 1.29 is 19.1 Å². The van der Waals surface area contributed by atoms with Crippen LogP contribution in [0.2, 0.25) is 0 Å². The van der Waals surface area contributed by atoms with Crippen molar-refractivity contribution in [3.05, 3.63) is 95.9 Å². The zero-order valence-corrected chi connectivity index (χ0v) is 17.7. The number of carbonyl (C=O) groups excluding carboxylic acids is 1. The van der Waals surface area contributed by atoms with E-state index in [-0.39, 0.29) is 6.42 Å². The van der Waals surface area contributed by atoms with Crippen LogP contribution in [0.5, 0.6) is 0 Å². The van der Waals surface area contributed by atoms with Gasteiger partial charge >= 0.3 is 5.97 Å². The quantitative estimate of drug-likeness (QED) is 0.375. The van der Waals surface area contributed by atoms with Crippen LogP contribution in [-0.4, -0.2) is 22.0 Å². The largest absolute Gasteiger partial charge is 0.481 e. The van der Waals surface area contributed by atoms with Crippen LogP contribution in [0.3, 0.4) is 0 Å². The number of aromatic nitrogens is 1. The van der Waals surface area contributed by atoms with E-state index in [1.54, 1.807) is 48.8 Å². The second-order valence-electron chi connectivity index (χ2n) is 7.16. The van der Waals surface area contributed by atoms with Gasteiger partial charge < -0.3 is 10.4 Å². The highest BCUT2D eigenvalue weighted by Crippen LogP contribution is 2.35. The first-order valence-corrected chi connectivity index (χ1v) is 10.7. The Balaban J connectivity index is 1.54. The number of hydrogen-bond acceptors (Lipinski definition) is 4. The van der Waals surface area contributed by atoms with Crippen molar-refractivity contribution in [3.63, 3.8) is 0 Å². The Morgan fingerprint density at radius 2 is 1.56 bits per heavy atom. The Morgan fingerprint density at radius 3 is 2.22 bits per heavy atom. The molecule has 7 heteroatoms. The van der Waals surface area contributed by atoms with Crippen molar-refractivity contribution in [2.45, 2.75) is 12.3 Å². The molecule has 2 heterocycles. The van der Waals surface area contributed by atoms with Gasteiger partial charge in [-0.05, 0) is 40.5 Å². The first kappa shape index (κ1) is 21.4. The van der Waals surface area contributed by atoms with Crippen molar-refractivity contribution in [2.75, 3.05) is 5.32 Å². The molecule has 160 valence electrons. The number of carboxylic acids is 1. The molecule has 1 amide bonds. The second-order valence-corrected chi connectivity index (χ2v) is 8.16. The summed E-state index contributed by atoms with van der Waals surface area (Å²) in [5.41, 5.74) is 3.65. The molecule has 0 saturated heterocycles. The average molecular weight is 447 g/mol. The molecule has 4 rings (SSSR count). The normalized spacial score (nSPS) is 11.7. The summed E-state index contributed by atoms with van der Waals surface area (Å²) in [6.07, 6.45) is 3.07. The van der Waals surface area contributed by atoms with Gasteiger partial charge in [-0.1, -0.05) is 65.9 Å². The fraction of sp³-hybridized carbons (Fsp3) is 0.0800. The van der Waals surface area contributed by atoms with E-state index < -0.39 is 22.9 Å². The third kappa shape index (κ3) is 4.90. The van der Waals surface area contributed by atoms with Crippen LogP contribution in [0.1, 0.15) is 17.9 Å². The van der Waals surface area contributed by atoms with Crippen LogP contribution < -0.4 is 5.32 Å². The molecule has 5 nitrogen and oxygen atoms in total. The van der Waals surface area contributed by atoms with Crippen molar-refractivity contribution >= 4 is 28.2 Å². The molecule has 4 aromatic rings. The highest BCUT2D eigenvalue weighted by molar-refractivity contribution is 7.15. The van der Waals surface area contributed by atoms with Gasteiger partial charge in [-0.2, -0.15) is 4.39 Å². The number of anilines is 1. The number of carboxylic acid groups (broad SMARTS) is 1. The number of hydrogen-bond donors (Lipinski definition) is 2. The van der Waals surface area contributed by atoms with Crippen molar-refractivity contribution in [1.29, 1.82) is 0 Å². The minimum atomic E-state index is -1.08. The first-order valence-electron chi connectivity index (χ1n) is 9.89. The van der Waals surface area contributed by atoms with Crippen LogP contribution in [0.4, 0.5) is 9.39 Å². The lowest BCUT2D eigenvalue weighted by Gasteiger charge is -2.14. The summed E-state index contributed by atoms with van der Waals surface area (Å²) in [5.74, 6) is -2.44. The Kier molecular flexibility index (Phi) is 6.37. The molecule has 0 unspecified atom stereocenters. The van der Waals surface area contributed by atoms with Gasteiger partial charge in [0.05, 0.1) is 17.3 Å². The zero-order chi connectivity index (χ0) is 22.5. The fourth-order valence-corrected chi connectivity index (χ4v) is 4.25. The standard InChI is InChI=1S/C25H19FN2O3S/c26-24-20(19-8-6-16(7-9-19)17-10-12-27-13-11-17)14-22(32-24)28-25(31)21(15-23(29)30)18-4-2-1-3-5-18/h1-14,21H,15H2,(H,28,31)(H,29,30)/t21-/m1/s1. The third-order valence-electron chi connectivity index (χ3n) is 5.04. The number of nitrogens with one attached hydrogen (secondary N) is 1. The van der Waals surface area contributed by atoms with Crippen LogP contribution in [0.25, 0.3) is 22.3 Å². The van der Waals surface area contributed by atoms with Gasteiger partial charge in [-0.15, -0.1) is 0 Å². The molecule has 0 fully saturated rings. The molecule has 2 N–H and O–H groups in total. The van der Waals surface area contributed by atoms with Crippen LogP contribution in [0.15, 0.2) is 85.2 Å². The van der Waals surface area contributed by atoms with E-state index in [4.69, 9.17) is 0 Å². The number of benzene rings is 2. The van der Waals surface area contributed by atoms with Crippen molar-refractivity contribution in [2.24, 2.45) is 0 Å². The summed E-state index contributed by atoms with van der Waals surface area (Å²) in [6.45, 7) is 0. The summed E-state index contributed by atoms with van der Waals surface area (Å²) in [6, 6.07) is 21.5. The summed E-state index contributed by atoms with van der Waals surface area (Å²) in [5, 5.41) is 11.8. The molecular weight excluding hydrogens is 427 g/mol. The fourth-order valence-electron chi connectivity index (χ4n) is 3.44. The van der Waals surface area contributed by atoms with E-state index >= 15 is 0 Å². The molecule has 0 saturated carbocycles. The first-order chi connectivity index (χ1) is 15.5. The molecule has 0 aliphatic carbocycles. The maximum absolute atomic E-state index is 14.7. The average Bonchev–Trinajstić information content (AvgIpc) is 3.18. The molecule has 0 aliphatic rings. The van der Waals surface area contributed by atoms with Crippen molar-refractivity contribution in [1.82, 2.24) is 4.98 Å². The SMILES string of the molecule is O=C(O)C[C@@H](C(=O)Nc1cc(-c2ccc(-c3ccncc3)cc2)c(F)s1)c1ccccc1. The molecule has 2 aromatic heterocycles. The monoisotopic (exact) mass is 446 g/mol. The molecule has 32 heavy (non-hydrogen) atoms. The van der Waals surface area contributed by atoms with Gasteiger partial charge in [0.1, 0.15) is 0 Å². The van der Waals surface area contributed by atoms with Gasteiger partial charge in [0.15, 0.2) is 5.13 Å². The summed E-state index contributed by atoms with van der Waals surface area (Å²) < 4.78 is 14.7. The summed E-state index contributed by atoms with van der Waals surface area (Å²) in [4.78, 5) is 28.1. The van der Waals surface area contributed by atoms with E-state index in [1.807, 2.05) is 36.4 Å². The Hall–Kier alpha value is -3.84. The molecular formula is C25H19FN2O3S. The Morgan fingerprint density at radius 1 is 0.938 bits per heavy atom. The van der Waals surface area contributed by atoms with Crippen LogP contribution in [0, 0.1) is 5.13 Å². The van der Waals surface area contributed by atoms with Crippen molar-refractivity contribution in [3.8, 4) is 22.3 Å². The van der Waals surface area contributed by atoms with Gasteiger partial charge in [0.25, 0.3) is 0 Å². The molecule has 0 radical (unpaired) electrons. The Bertz CT molecular complexity index is 1230. The molecule has 2 aromatic carbocycles. The van der Waals surface area contributed by atoms with E-state index in [0.29, 0.717) is 21.7 Å². The molecule has 0 bridgehead atoms. The predicted molar refractivity (Wildman–Crippen MR) is 123 cm³/mol. The number of halogens is 1. The number of aliphatic carboxylic acids is 1. The highest BCUT2D eigenvalue weighted by atomic mass is 32.1. The van der Waals surface area contributed by atoms with Gasteiger partial charge in [-0.25, -0.2) is 0 Å². The second kappa shape index (κ2) is 9.53. The van der Waals surface area contributed by atoms with E-state index in [1.165, 1.54) is 0 Å². The molecule has 0 aliphatic heterocycles.